The fourth-order valence-electron chi connectivity index (χ4n) is 1.80. The number of rotatable bonds is 2. The zero-order chi connectivity index (χ0) is 19.4. The van der Waals surface area contributed by atoms with Gasteiger partial charge in [0, 0.05) is 0 Å². The van der Waals surface area contributed by atoms with Gasteiger partial charge < -0.3 is 0 Å². The Hall–Kier alpha value is -2.10. The number of hydrogen-bond donors (Lipinski definition) is 0. The summed E-state index contributed by atoms with van der Waals surface area (Å²) in [4.78, 5) is 0. The molecule has 0 spiro atoms. The van der Waals surface area contributed by atoms with E-state index in [-0.39, 0.29) is 0 Å². The number of benzene rings is 2. The smallest absolute Gasteiger partial charge is 0.277 e. The zero-order valence-corrected chi connectivity index (χ0v) is 11.9. The molecule has 1 nitrogen and oxygen atoms in total. The minimum atomic E-state index is -6.99. The summed E-state index contributed by atoms with van der Waals surface area (Å²) in [5.74, 6) is -29.4. The third-order valence-electron chi connectivity index (χ3n) is 2.95. The predicted octanol–water partition coefficient (Wildman–Crippen LogP) is 4.28. The Balaban J connectivity index is 2.99. The van der Waals surface area contributed by atoms with Crippen molar-refractivity contribution in [1.29, 1.82) is 0 Å². The van der Waals surface area contributed by atoms with Gasteiger partial charge >= 0.3 is 7.45 Å². The van der Waals surface area contributed by atoms with Crippen molar-refractivity contribution in [2.24, 2.45) is 0 Å². The van der Waals surface area contributed by atoms with E-state index in [1.165, 1.54) is 0 Å². The molecular formula is C12F11OP. The van der Waals surface area contributed by atoms with Crippen LogP contribution in [0.3, 0.4) is 0 Å². The Kier molecular flexibility index (Phi) is 4.62. The molecular weight excluding hydrogens is 400 g/mol. The molecule has 25 heavy (non-hydrogen) atoms. The van der Waals surface area contributed by atoms with Crippen LogP contribution in [0.4, 0.5) is 48.1 Å². The van der Waals surface area contributed by atoms with Crippen LogP contribution in [0.2, 0.25) is 0 Å². The van der Waals surface area contributed by atoms with E-state index >= 15 is 0 Å². The third kappa shape index (κ3) is 2.59. The van der Waals surface area contributed by atoms with Crippen molar-refractivity contribution in [2.75, 3.05) is 0 Å². The van der Waals surface area contributed by atoms with Crippen LogP contribution >= 0.6 is 7.45 Å². The minimum Gasteiger partial charge on any atom is -0.277 e. The van der Waals surface area contributed by atoms with Crippen LogP contribution in [-0.4, -0.2) is 0 Å². The lowest BCUT2D eigenvalue weighted by atomic mass is 10.3. The highest BCUT2D eigenvalue weighted by molar-refractivity contribution is 7.74. The molecule has 0 atom stereocenters. The van der Waals surface area contributed by atoms with Crippen molar-refractivity contribution in [3.63, 3.8) is 0 Å². The van der Waals surface area contributed by atoms with Gasteiger partial charge in [-0.1, -0.05) is 0 Å². The van der Waals surface area contributed by atoms with Gasteiger partial charge in [-0.2, -0.15) is 4.20 Å². The lowest BCUT2D eigenvalue weighted by Gasteiger charge is -2.15. The lowest BCUT2D eigenvalue weighted by molar-refractivity contribution is 0.380. The molecule has 0 aliphatic carbocycles. The highest BCUT2D eigenvalue weighted by Crippen LogP contribution is 2.49. The Labute approximate surface area is 130 Å². The first kappa shape index (κ1) is 19.2. The molecule has 0 N–H and O–H groups in total. The van der Waals surface area contributed by atoms with Gasteiger partial charge in [-0.15, -0.1) is 0 Å². The van der Waals surface area contributed by atoms with Gasteiger partial charge in [0.05, 0.1) is 0 Å². The van der Waals surface area contributed by atoms with E-state index in [9.17, 15) is 52.7 Å². The van der Waals surface area contributed by atoms with Crippen LogP contribution in [0.5, 0.6) is 0 Å². The second kappa shape index (κ2) is 6.01. The first-order valence-electron chi connectivity index (χ1n) is 5.69. The highest BCUT2D eigenvalue weighted by Gasteiger charge is 2.45. The molecule has 0 heterocycles. The predicted molar refractivity (Wildman–Crippen MR) is 60.4 cm³/mol. The maximum atomic E-state index is 14.3. The fourth-order valence-corrected chi connectivity index (χ4v) is 3.43. The molecule has 2 aromatic rings. The fraction of sp³-hybridized carbons (Fsp3) is 0. The molecule has 0 radical (unpaired) electrons. The molecule has 0 aliphatic rings. The summed E-state index contributed by atoms with van der Waals surface area (Å²) in [6.07, 6.45) is 0. The maximum absolute atomic E-state index is 14.3. The molecule has 0 amide bonds. The van der Waals surface area contributed by atoms with E-state index in [0.717, 1.165) is 0 Å². The zero-order valence-electron chi connectivity index (χ0n) is 11.0. The normalized spacial score (nSPS) is 12.0. The van der Waals surface area contributed by atoms with E-state index in [2.05, 4.69) is 0 Å². The van der Waals surface area contributed by atoms with Crippen LogP contribution in [0.15, 0.2) is 0 Å². The van der Waals surface area contributed by atoms with Crippen LogP contribution in [-0.2, 0) is 4.57 Å². The van der Waals surface area contributed by atoms with E-state index < -0.39 is 76.2 Å². The van der Waals surface area contributed by atoms with Crippen molar-refractivity contribution in [3.05, 3.63) is 58.2 Å². The third-order valence-corrected chi connectivity index (χ3v) is 4.88. The molecule has 0 bridgehead atoms. The molecule has 2 aromatic carbocycles. The highest BCUT2D eigenvalue weighted by atomic mass is 31.2. The standard InChI is InChI=1S/C12F11OP/c13-1-3(15)7(19)11(8(20)4(1)16)25(23,24)12-9(21)5(17)2(14)6(18)10(12)22. The van der Waals surface area contributed by atoms with E-state index in [1.54, 1.807) is 0 Å². The second-order valence-electron chi connectivity index (χ2n) is 4.37. The summed E-state index contributed by atoms with van der Waals surface area (Å²) in [5, 5.41) is -5.71. The minimum absolute atomic E-state index is 2.82. The monoisotopic (exact) mass is 400 g/mol. The Bertz CT molecular complexity index is 824. The second-order valence-corrected chi connectivity index (χ2v) is 6.33. The van der Waals surface area contributed by atoms with Crippen molar-refractivity contribution < 1.29 is 52.7 Å². The van der Waals surface area contributed by atoms with Crippen molar-refractivity contribution in [2.45, 2.75) is 0 Å². The van der Waals surface area contributed by atoms with Gasteiger partial charge in [0.15, 0.2) is 46.5 Å². The van der Waals surface area contributed by atoms with Gasteiger partial charge in [0.1, 0.15) is 10.6 Å². The molecule has 0 saturated carbocycles. The molecule has 0 fully saturated rings. The summed E-state index contributed by atoms with van der Waals surface area (Å²) in [6, 6.07) is 0. The Morgan fingerprint density at radius 2 is 0.560 bits per heavy atom. The summed E-state index contributed by atoms with van der Waals surface area (Å²) in [7, 11) is -6.99. The number of halogens is 11. The average Bonchev–Trinajstić information content (AvgIpc) is 2.54. The first-order valence-corrected chi connectivity index (χ1v) is 7.29. The molecule has 136 valence electrons. The van der Waals surface area contributed by atoms with Crippen LogP contribution in [0, 0.1) is 58.2 Å². The molecule has 0 aliphatic heterocycles. The molecule has 0 unspecified atom stereocenters. The van der Waals surface area contributed by atoms with Gasteiger partial charge in [-0.05, 0) is 0 Å². The first-order chi connectivity index (χ1) is 11.4. The van der Waals surface area contributed by atoms with Gasteiger partial charge in [-0.25, -0.2) is 43.9 Å². The van der Waals surface area contributed by atoms with Crippen LogP contribution < -0.4 is 10.6 Å². The van der Waals surface area contributed by atoms with E-state index in [4.69, 9.17) is 0 Å². The summed E-state index contributed by atoms with van der Waals surface area (Å²) in [5.41, 5.74) is 0. The van der Waals surface area contributed by atoms with E-state index in [0.29, 0.717) is 0 Å². The molecule has 2 rings (SSSR count). The topological polar surface area (TPSA) is 17.1 Å². The van der Waals surface area contributed by atoms with Crippen LogP contribution in [0.1, 0.15) is 0 Å². The molecule has 0 saturated heterocycles. The Morgan fingerprint density at radius 3 is 0.760 bits per heavy atom. The van der Waals surface area contributed by atoms with Crippen LogP contribution in [0.25, 0.3) is 0 Å². The Morgan fingerprint density at radius 1 is 0.400 bits per heavy atom. The largest absolute Gasteiger partial charge is 0.312 e. The molecule has 0 aromatic heterocycles. The quantitative estimate of drug-likeness (QED) is 0.319. The van der Waals surface area contributed by atoms with E-state index in [1.807, 2.05) is 0 Å². The van der Waals surface area contributed by atoms with Gasteiger partial charge in [0.2, 0.25) is 11.6 Å². The molecule has 13 heteroatoms. The summed E-state index contributed by atoms with van der Waals surface area (Å²) < 4.78 is 158. The van der Waals surface area contributed by atoms with Crippen molar-refractivity contribution in [3.8, 4) is 0 Å². The van der Waals surface area contributed by atoms with Gasteiger partial charge in [0.25, 0.3) is 0 Å². The number of hydrogen-bond acceptors (Lipinski definition) is 1. The lowest BCUT2D eigenvalue weighted by Crippen LogP contribution is -2.29. The summed E-state index contributed by atoms with van der Waals surface area (Å²) in [6.45, 7) is 0. The SMILES string of the molecule is O=P(F)(c1c(F)c(F)c(F)c(F)c1F)c1c(F)c(F)c(F)c(F)c1F. The van der Waals surface area contributed by atoms with Crippen molar-refractivity contribution in [1.82, 2.24) is 0 Å². The summed E-state index contributed by atoms with van der Waals surface area (Å²) >= 11 is 0. The maximum Gasteiger partial charge on any atom is 0.312 e. The van der Waals surface area contributed by atoms with Gasteiger partial charge in [-0.3, -0.25) is 4.57 Å². The van der Waals surface area contributed by atoms with Crippen molar-refractivity contribution >= 4 is 18.1 Å². The average molecular weight is 400 g/mol.